The highest BCUT2D eigenvalue weighted by atomic mass is 16.7. The molecule has 4 rings (SSSR count). The van der Waals surface area contributed by atoms with Crippen LogP contribution < -0.4 is 24.4 Å². The van der Waals surface area contributed by atoms with Gasteiger partial charge in [0.15, 0.2) is 11.5 Å². The molecule has 2 aromatic carbocycles. The molecule has 2 aliphatic rings. The summed E-state index contributed by atoms with van der Waals surface area (Å²) in [5.74, 6) is -0.0803. The summed E-state index contributed by atoms with van der Waals surface area (Å²) in [6.45, 7) is 0.0658. The van der Waals surface area contributed by atoms with Crippen molar-refractivity contribution in [3.8, 4) is 17.2 Å². The van der Waals surface area contributed by atoms with E-state index in [-0.39, 0.29) is 18.1 Å². The molecule has 4 amide bonds. The molecule has 0 saturated carbocycles. The van der Waals surface area contributed by atoms with Crippen LogP contribution in [0.1, 0.15) is 5.56 Å². The van der Waals surface area contributed by atoms with Crippen molar-refractivity contribution in [3.63, 3.8) is 0 Å². The molecule has 8 heteroatoms. The number of benzene rings is 2. The first-order chi connectivity index (χ1) is 13.1. The van der Waals surface area contributed by atoms with Crippen LogP contribution in [0.3, 0.4) is 0 Å². The Morgan fingerprint density at radius 2 is 1.85 bits per heavy atom. The summed E-state index contributed by atoms with van der Waals surface area (Å²) in [6.07, 6.45) is 1.39. The third kappa shape index (κ3) is 2.86. The fourth-order valence-electron chi connectivity index (χ4n) is 2.86. The Hall–Kier alpha value is -3.81. The van der Waals surface area contributed by atoms with E-state index in [2.05, 4.69) is 5.32 Å². The number of barbiturate groups is 1. The van der Waals surface area contributed by atoms with Crippen LogP contribution in [0.5, 0.6) is 17.2 Å². The van der Waals surface area contributed by atoms with Crippen molar-refractivity contribution in [2.45, 2.75) is 0 Å². The number of nitrogens with zero attached hydrogens (tertiary/aromatic N) is 1. The third-order valence-electron chi connectivity index (χ3n) is 4.15. The minimum atomic E-state index is -0.832. The molecule has 0 spiro atoms. The molecule has 1 N–H and O–H groups in total. The highest BCUT2D eigenvalue weighted by Crippen LogP contribution is 2.36. The Morgan fingerprint density at radius 3 is 2.67 bits per heavy atom. The average molecular weight is 366 g/mol. The van der Waals surface area contributed by atoms with Crippen molar-refractivity contribution in [2.24, 2.45) is 0 Å². The van der Waals surface area contributed by atoms with Gasteiger partial charge < -0.3 is 14.2 Å². The highest BCUT2D eigenvalue weighted by Gasteiger charge is 2.37. The predicted molar refractivity (Wildman–Crippen MR) is 94.6 cm³/mol. The molecule has 2 aromatic rings. The summed E-state index contributed by atoms with van der Waals surface area (Å²) in [5.41, 5.74) is 0.621. The summed E-state index contributed by atoms with van der Waals surface area (Å²) in [4.78, 5) is 38.3. The maximum Gasteiger partial charge on any atom is 0.335 e. The van der Waals surface area contributed by atoms with Gasteiger partial charge in [-0.25, -0.2) is 9.69 Å². The standard InChI is InChI=1S/C19H14N2O6/c1-25-14-5-3-2-4-11(14)8-13-17(22)20-19(24)21(18(13)23)12-6-7-15-16(9-12)27-10-26-15/h2-9H,10H2,1H3,(H,20,22,24)/b13-8-. The number of carbonyl (C=O) groups is 3. The van der Waals surface area contributed by atoms with Crippen LogP contribution >= 0.6 is 0 Å². The summed E-state index contributed by atoms with van der Waals surface area (Å²) < 4.78 is 15.8. The normalized spacial score (nSPS) is 17.3. The predicted octanol–water partition coefficient (Wildman–Crippen LogP) is 2.09. The van der Waals surface area contributed by atoms with Crippen molar-refractivity contribution in [2.75, 3.05) is 18.8 Å². The Morgan fingerprint density at radius 1 is 1.07 bits per heavy atom. The molecule has 0 bridgehead atoms. The minimum absolute atomic E-state index is 0.0658. The SMILES string of the molecule is COc1ccccc1/C=C1/C(=O)NC(=O)N(c2ccc3c(c2)OCO3)C1=O. The molecule has 2 heterocycles. The number of amides is 4. The molecule has 0 aromatic heterocycles. The van der Waals surface area contributed by atoms with E-state index in [1.165, 1.54) is 19.3 Å². The van der Waals surface area contributed by atoms with Gasteiger partial charge in [-0.3, -0.25) is 14.9 Å². The zero-order chi connectivity index (χ0) is 19.0. The van der Waals surface area contributed by atoms with Gasteiger partial charge in [-0.1, -0.05) is 18.2 Å². The van der Waals surface area contributed by atoms with E-state index >= 15 is 0 Å². The van der Waals surface area contributed by atoms with Crippen LogP contribution in [-0.2, 0) is 9.59 Å². The topological polar surface area (TPSA) is 94.2 Å². The molecule has 27 heavy (non-hydrogen) atoms. The van der Waals surface area contributed by atoms with Gasteiger partial charge in [0.05, 0.1) is 12.8 Å². The lowest BCUT2D eigenvalue weighted by Crippen LogP contribution is -2.54. The second-order valence-electron chi connectivity index (χ2n) is 5.74. The number of hydrogen-bond acceptors (Lipinski definition) is 6. The number of imide groups is 2. The number of rotatable bonds is 3. The largest absolute Gasteiger partial charge is 0.496 e. The Bertz CT molecular complexity index is 997. The van der Waals surface area contributed by atoms with E-state index in [0.717, 1.165) is 4.90 Å². The smallest absolute Gasteiger partial charge is 0.335 e. The number of para-hydroxylation sites is 1. The van der Waals surface area contributed by atoms with Crippen LogP contribution in [0.15, 0.2) is 48.0 Å². The zero-order valence-corrected chi connectivity index (χ0v) is 14.2. The maximum absolute atomic E-state index is 12.9. The van der Waals surface area contributed by atoms with Crippen LogP contribution in [0.2, 0.25) is 0 Å². The number of nitrogens with one attached hydrogen (secondary N) is 1. The lowest BCUT2D eigenvalue weighted by atomic mass is 10.1. The maximum atomic E-state index is 12.9. The Labute approximate surface area is 153 Å². The number of ether oxygens (including phenoxy) is 3. The van der Waals surface area contributed by atoms with Gasteiger partial charge in [0.2, 0.25) is 6.79 Å². The van der Waals surface area contributed by atoms with Crippen molar-refractivity contribution in [3.05, 3.63) is 53.6 Å². The molecule has 1 saturated heterocycles. The minimum Gasteiger partial charge on any atom is -0.496 e. The molecular weight excluding hydrogens is 352 g/mol. The van der Waals surface area contributed by atoms with E-state index in [1.807, 2.05) is 0 Å². The Balaban J connectivity index is 1.74. The molecule has 0 radical (unpaired) electrons. The third-order valence-corrected chi connectivity index (χ3v) is 4.15. The van der Waals surface area contributed by atoms with Crippen LogP contribution in [0, 0.1) is 0 Å². The first kappa shape index (κ1) is 16.6. The molecule has 0 unspecified atom stereocenters. The summed E-state index contributed by atoms with van der Waals surface area (Å²) in [6, 6.07) is 10.7. The van der Waals surface area contributed by atoms with Gasteiger partial charge >= 0.3 is 6.03 Å². The number of carbonyl (C=O) groups excluding carboxylic acids is 3. The van der Waals surface area contributed by atoms with E-state index in [4.69, 9.17) is 14.2 Å². The molecule has 1 fully saturated rings. The Kier molecular flexibility index (Phi) is 4.00. The van der Waals surface area contributed by atoms with Gasteiger partial charge in [-0.2, -0.15) is 0 Å². The van der Waals surface area contributed by atoms with Gasteiger partial charge in [-0.15, -0.1) is 0 Å². The molecule has 2 aliphatic heterocycles. The fourth-order valence-corrected chi connectivity index (χ4v) is 2.86. The van der Waals surface area contributed by atoms with Gasteiger partial charge in [0.1, 0.15) is 11.3 Å². The average Bonchev–Trinajstić information content (AvgIpc) is 3.13. The van der Waals surface area contributed by atoms with Gasteiger partial charge in [0.25, 0.3) is 11.8 Å². The van der Waals surface area contributed by atoms with E-state index in [9.17, 15) is 14.4 Å². The van der Waals surface area contributed by atoms with Crippen molar-refractivity contribution < 1.29 is 28.6 Å². The number of hydrogen-bond donors (Lipinski definition) is 1. The van der Waals surface area contributed by atoms with Crippen LogP contribution in [-0.4, -0.2) is 31.7 Å². The number of fused-ring (bicyclic) bond motifs is 1. The van der Waals surface area contributed by atoms with E-state index in [0.29, 0.717) is 22.8 Å². The molecular formula is C19H14N2O6. The molecule has 136 valence electrons. The lowest BCUT2D eigenvalue weighted by Gasteiger charge is -2.26. The monoisotopic (exact) mass is 366 g/mol. The number of anilines is 1. The molecule has 8 nitrogen and oxygen atoms in total. The second-order valence-corrected chi connectivity index (χ2v) is 5.74. The summed E-state index contributed by atoms with van der Waals surface area (Å²) >= 11 is 0. The van der Waals surface area contributed by atoms with E-state index in [1.54, 1.807) is 36.4 Å². The summed E-state index contributed by atoms with van der Waals surface area (Å²) in [7, 11) is 1.49. The summed E-state index contributed by atoms with van der Waals surface area (Å²) in [5, 5.41) is 2.18. The van der Waals surface area contributed by atoms with Gasteiger partial charge in [-0.05, 0) is 24.3 Å². The first-order valence-corrected chi connectivity index (χ1v) is 8.02. The van der Waals surface area contributed by atoms with Crippen LogP contribution in [0.4, 0.5) is 10.5 Å². The number of urea groups is 1. The van der Waals surface area contributed by atoms with Crippen molar-refractivity contribution in [1.29, 1.82) is 0 Å². The first-order valence-electron chi connectivity index (χ1n) is 8.02. The molecule has 0 aliphatic carbocycles. The lowest BCUT2D eigenvalue weighted by molar-refractivity contribution is -0.122. The van der Waals surface area contributed by atoms with Gasteiger partial charge in [0, 0.05) is 11.6 Å². The van der Waals surface area contributed by atoms with Crippen LogP contribution in [0.25, 0.3) is 6.08 Å². The fraction of sp³-hybridized carbons (Fsp3) is 0.105. The zero-order valence-electron chi connectivity index (χ0n) is 14.2. The van der Waals surface area contributed by atoms with Crippen molar-refractivity contribution in [1.82, 2.24) is 5.32 Å². The number of methoxy groups -OCH3 is 1. The van der Waals surface area contributed by atoms with Crippen molar-refractivity contribution >= 4 is 29.6 Å². The quantitative estimate of drug-likeness (QED) is 0.660. The molecule has 0 atom stereocenters. The highest BCUT2D eigenvalue weighted by molar-refractivity contribution is 6.39. The second kappa shape index (κ2) is 6.49. The van der Waals surface area contributed by atoms with E-state index < -0.39 is 17.8 Å².